The van der Waals surface area contributed by atoms with Gasteiger partial charge in [-0.25, -0.2) is 0 Å². The van der Waals surface area contributed by atoms with Gasteiger partial charge in [0.15, 0.2) is 0 Å². The van der Waals surface area contributed by atoms with Gasteiger partial charge in [-0.3, -0.25) is 9.88 Å². The van der Waals surface area contributed by atoms with Crippen LogP contribution >= 0.6 is 11.6 Å². The minimum atomic E-state index is 0.281. The van der Waals surface area contributed by atoms with Crippen molar-refractivity contribution in [2.24, 2.45) is 0 Å². The largest absolute Gasteiger partial charge is 0.395 e. The predicted octanol–water partition coefficient (Wildman–Crippen LogP) is 3.31. The number of aliphatic hydroxyl groups is 1. The normalized spacial score (nSPS) is 25.0. The van der Waals surface area contributed by atoms with Gasteiger partial charge in [0.1, 0.15) is 0 Å². The highest BCUT2D eigenvalue weighted by Crippen LogP contribution is 2.33. The van der Waals surface area contributed by atoms with E-state index >= 15 is 0 Å². The molecular weight excluding hydrogens is 322 g/mol. The van der Waals surface area contributed by atoms with Crippen molar-refractivity contribution < 1.29 is 5.11 Å². The Hall–Kier alpha value is -1.36. The van der Waals surface area contributed by atoms with Crippen LogP contribution in [0.3, 0.4) is 0 Å². The molecule has 1 N–H and O–H groups in total. The summed E-state index contributed by atoms with van der Waals surface area (Å²) in [6, 6.07) is 8.96. The standard InChI is InChI=1S/C19H24ClN3O/c20-14-5-6-17-18(11-14)21-8-7-19(17)23-10-2-3-15(23)12-22-9-1-4-16(22)13-24/h5-8,11,15-16,24H,1-4,9-10,12-13H2. The quantitative estimate of drug-likeness (QED) is 0.922. The summed E-state index contributed by atoms with van der Waals surface area (Å²) >= 11 is 6.12. The monoisotopic (exact) mass is 345 g/mol. The van der Waals surface area contributed by atoms with Crippen LogP contribution in [0.2, 0.25) is 5.02 Å². The molecule has 0 spiro atoms. The number of nitrogens with zero attached hydrogens (tertiary/aromatic N) is 3. The Bertz CT molecular complexity index is 723. The molecule has 2 saturated heterocycles. The van der Waals surface area contributed by atoms with Crippen LogP contribution in [0.25, 0.3) is 10.9 Å². The number of aliphatic hydroxyl groups excluding tert-OH is 1. The molecule has 2 aliphatic heterocycles. The number of hydrogen-bond donors (Lipinski definition) is 1. The molecule has 0 aliphatic carbocycles. The lowest BCUT2D eigenvalue weighted by Gasteiger charge is -2.33. The number of likely N-dealkylation sites (tertiary alicyclic amines) is 1. The van der Waals surface area contributed by atoms with E-state index in [9.17, 15) is 5.11 Å². The molecule has 0 bridgehead atoms. The maximum atomic E-state index is 9.58. The van der Waals surface area contributed by atoms with Gasteiger partial charge in [0, 0.05) is 47.5 Å². The van der Waals surface area contributed by atoms with Gasteiger partial charge < -0.3 is 10.0 Å². The third-order valence-electron chi connectivity index (χ3n) is 5.52. The number of anilines is 1. The second-order valence-electron chi connectivity index (χ2n) is 6.95. The van der Waals surface area contributed by atoms with Gasteiger partial charge >= 0.3 is 0 Å². The first-order valence-corrected chi connectivity index (χ1v) is 9.30. The summed E-state index contributed by atoms with van der Waals surface area (Å²) in [7, 11) is 0. The highest BCUT2D eigenvalue weighted by atomic mass is 35.5. The van der Waals surface area contributed by atoms with Crippen molar-refractivity contribution in [3.63, 3.8) is 0 Å². The van der Waals surface area contributed by atoms with Crippen molar-refractivity contribution in [1.29, 1.82) is 0 Å². The maximum Gasteiger partial charge on any atom is 0.0737 e. The Morgan fingerprint density at radius 1 is 1.12 bits per heavy atom. The fraction of sp³-hybridized carbons (Fsp3) is 0.526. The number of benzene rings is 1. The third-order valence-corrected chi connectivity index (χ3v) is 5.76. The van der Waals surface area contributed by atoms with Gasteiger partial charge in [-0.05, 0) is 56.5 Å². The van der Waals surface area contributed by atoms with Crippen LogP contribution in [-0.4, -0.2) is 53.3 Å². The Kier molecular flexibility index (Phi) is 4.61. The molecule has 4 nitrogen and oxygen atoms in total. The molecule has 2 aliphatic rings. The summed E-state index contributed by atoms with van der Waals surface area (Å²) in [4.78, 5) is 9.48. The molecule has 0 saturated carbocycles. The molecule has 128 valence electrons. The minimum absolute atomic E-state index is 0.281. The van der Waals surface area contributed by atoms with Crippen LogP contribution < -0.4 is 4.90 Å². The average molecular weight is 346 g/mol. The molecule has 0 radical (unpaired) electrons. The van der Waals surface area contributed by atoms with E-state index in [0.717, 1.165) is 36.6 Å². The Morgan fingerprint density at radius 2 is 1.96 bits per heavy atom. The topological polar surface area (TPSA) is 39.6 Å². The van der Waals surface area contributed by atoms with Crippen LogP contribution in [0.15, 0.2) is 30.5 Å². The zero-order valence-electron chi connectivity index (χ0n) is 13.9. The van der Waals surface area contributed by atoms with Gasteiger partial charge in [-0.2, -0.15) is 0 Å². The summed E-state index contributed by atoms with van der Waals surface area (Å²) in [5, 5.41) is 11.5. The number of rotatable bonds is 4. The average Bonchev–Trinajstić information content (AvgIpc) is 3.23. The molecule has 4 rings (SSSR count). The van der Waals surface area contributed by atoms with Crippen molar-refractivity contribution in [3.05, 3.63) is 35.5 Å². The molecule has 5 heteroatoms. The zero-order chi connectivity index (χ0) is 16.5. The smallest absolute Gasteiger partial charge is 0.0737 e. The van der Waals surface area contributed by atoms with Crippen LogP contribution in [0.5, 0.6) is 0 Å². The highest BCUT2D eigenvalue weighted by molar-refractivity contribution is 6.31. The number of pyridine rings is 1. The van der Waals surface area contributed by atoms with Gasteiger partial charge in [0.2, 0.25) is 0 Å². The lowest BCUT2D eigenvalue weighted by Crippen LogP contribution is -2.43. The van der Waals surface area contributed by atoms with E-state index < -0.39 is 0 Å². The second-order valence-corrected chi connectivity index (χ2v) is 7.39. The molecule has 0 amide bonds. The van der Waals surface area contributed by atoms with Gasteiger partial charge in [-0.1, -0.05) is 11.6 Å². The van der Waals surface area contributed by atoms with Crippen LogP contribution in [0.1, 0.15) is 25.7 Å². The third kappa shape index (κ3) is 2.99. The van der Waals surface area contributed by atoms with E-state index in [1.54, 1.807) is 0 Å². The van der Waals surface area contributed by atoms with Crippen LogP contribution in [0.4, 0.5) is 5.69 Å². The number of aromatic nitrogens is 1. The maximum absolute atomic E-state index is 9.58. The second kappa shape index (κ2) is 6.87. The molecule has 2 fully saturated rings. The van der Waals surface area contributed by atoms with E-state index in [2.05, 4.69) is 26.9 Å². The Balaban J connectivity index is 1.61. The summed E-state index contributed by atoms with van der Waals surface area (Å²) in [6.07, 6.45) is 6.65. The predicted molar refractivity (Wildman–Crippen MR) is 98.8 cm³/mol. The van der Waals surface area contributed by atoms with Crippen LogP contribution in [-0.2, 0) is 0 Å². The zero-order valence-corrected chi connectivity index (χ0v) is 14.6. The molecule has 2 atom stereocenters. The Labute approximate surface area is 148 Å². The Morgan fingerprint density at radius 3 is 2.83 bits per heavy atom. The van der Waals surface area contributed by atoms with E-state index in [4.69, 9.17) is 11.6 Å². The molecule has 24 heavy (non-hydrogen) atoms. The molecule has 2 unspecified atom stereocenters. The first-order chi connectivity index (χ1) is 11.8. The molecule has 1 aromatic carbocycles. The lowest BCUT2D eigenvalue weighted by atomic mass is 10.1. The molecule has 1 aromatic heterocycles. The van der Waals surface area contributed by atoms with E-state index in [1.807, 2.05) is 18.3 Å². The highest BCUT2D eigenvalue weighted by Gasteiger charge is 2.31. The summed E-state index contributed by atoms with van der Waals surface area (Å²) in [5.41, 5.74) is 2.22. The summed E-state index contributed by atoms with van der Waals surface area (Å²) in [6.45, 7) is 3.53. The fourth-order valence-electron chi connectivity index (χ4n) is 4.31. The van der Waals surface area contributed by atoms with Gasteiger partial charge in [0.05, 0.1) is 12.1 Å². The van der Waals surface area contributed by atoms with Crippen LogP contribution in [0, 0.1) is 0 Å². The number of fused-ring (bicyclic) bond motifs is 1. The lowest BCUT2D eigenvalue weighted by molar-refractivity contribution is 0.153. The van der Waals surface area contributed by atoms with Gasteiger partial charge in [-0.15, -0.1) is 0 Å². The van der Waals surface area contributed by atoms with Gasteiger partial charge in [0.25, 0.3) is 0 Å². The van der Waals surface area contributed by atoms with E-state index in [0.29, 0.717) is 12.1 Å². The minimum Gasteiger partial charge on any atom is -0.395 e. The van der Waals surface area contributed by atoms with E-state index in [-0.39, 0.29) is 6.61 Å². The first-order valence-electron chi connectivity index (χ1n) is 8.92. The molecule has 3 heterocycles. The SMILES string of the molecule is OCC1CCCN1CC1CCCN1c1ccnc2cc(Cl)ccc12. The van der Waals surface area contributed by atoms with Crippen molar-refractivity contribution in [2.75, 3.05) is 31.1 Å². The number of halogens is 1. The molecule has 2 aromatic rings. The van der Waals surface area contributed by atoms with Crippen molar-refractivity contribution in [2.45, 2.75) is 37.8 Å². The van der Waals surface area contributed by atoms with Crippen molar-refractivity contribution in [3.8, 4) is 0 Å². The number of hydrogen-bond acceptors (Lipinski definition) is 4. The van der Waals surface area contributed by atoms with Crippen molar-refractivity contribution in [1.82, 2.24) is 9.88 Å². The van der Waals surface area contributed by atoms with Crippen molar-refractivity contribution >= 4 is 28.2 Å². The first kappa shape index (κ1) is 16.1. The summed E-state index contributed by atoms with van der Waals surface area (Å²) in [5.74, 6) is 0. The van der Waals surface area contributed by atoms with E-state index in [1.165, 1.54) is 30.3 Å². The fourth-order valence-corrected chi connectivity index (χ4v) is 4.48. The molecular formula is C19H24ClN3O. The summed E-state index contributed by atoms with van der Waals surface area (Å²) < 4.78 is 0.